The number of hydrogen-bond donors (Lipinski definition) is 0. The highest BCUT2D eigenvalue weighted by atomic mass is 16.5. The number of likely N-dealkylation sites (tertiary alicyclic amines) is 2. The molecule has 3 saturated heterocycles. The zero-order chi connectivity index (χ0) is 19.6. The van der Waals surface area contributed by atoms with E-state index in [1.54, 1.807) is 0 Å². The summed E-state index contributed by atoms with van der Waals surface area (Å²) in [5.41, 5.74) is 2.48. The molecule has 0 aliphatic carbocycles. The molecule has 2 amide bonds. The first kappa shape index (κ1) is 19.4. The van der Waals surface area contributed by atoms with Crippen LogP contribution in [0.4, 0.5) is 0 Å². The number of aryl methyl sites for hydroxylation is 1. The van der Waals surface area contributed by atoms with Crippen molar-refractivity contribution in [1.29, 1.82) is 0 Å². The van der Waals surface area contributed by atoms with E-state index in [-0.39, 0.29) is 23.3 Å². The molecular weight excluding hydrogens is 352 g/mol. The van der Waals surface area contributed by atoms with E-state index in [4.69, 9.17) is 4.74 Å². The van der Waals surface area contributed by atoms with Crippen molar-refractivity contribution in [3.05, 3.63) is 35.4 Å². The Bertz CT molecular complexity index is 718. The second-order valence-corrected chi connectivity index (χ2v) is 8.96. The lowest BCUT2D eigenvalue weighted by atomic mass is 9.72. The molecule has 4 rings (SSSR count). The summed E-state index contributed by atoms with van der Waals surface area (Å²) in [5, 5.41) is 0. The monoisotopic (exact) mass is 384 g/mol. The molecule has 3 heterocycles. The van der Waals surface area contributed by atoms with Crippen LogP contribution >= 0.6 is 0 Å². The van der Waals surface area contributed by atoms with Gasteiger partial charge in [0.2, 0.25) is 11.8 Å². The fourth-order valence-electron chi connectivity index (χ4n) is 5.05. The average Bonchev–Trinajstić information content (AvgIpc) is 3.19. The first-order valence-corrected chi connectivity index (χ1v) is 10.8. The normalized spacial score (nSPS) is 24.8. The summed E-state index contributed by atoms with van der Waals surface area (Å²) in [7, 11) is 0. The number of hydrogen-bond acceptors (Lipinski definition) is 3. The molecular formula is C23H32N2O3. The van der Waals surface area contributed by atoms with Crippen molar-refractivity contribution in [2.45, 2.75) is 58.0 Å². The van der Waals surface area contributed by atoms with E-state index < -0.39 is 0 Å². The molecule has 0 bridgehead atoms. The van der Waals surface area contributed by atoms with Crippen molar-refractivity contribution in [1.82, 2.24) is 9.80 Å². The summed E-state index contributed by atoms with van der Waals surface area (Å²) in [4.78, 5) is 29.2. The Morgan fingerprint density at radius 1 is 1.25 bits per heavy atom. The predicted octanol–water partition coefficient (Wildman–Crippen LogP) is 2.95. The van der Waals surface area contributed by atoms with Gasteiger partial charge in [0.25, 0.3) is 0 Å². The molecule has 0 saturated carbocycles. The summed E-state index contributed by atoms with van der Waals surface area (Å²) in [6.45, 7) is 6.10. The maximum atomic E-state index is 12.7. The first-order valence-electron chi connectivity index (χ1n) is 10.8. The van der Waals surface area contributed by atoms with E-state index in [0.29, 0.717) is 12.8 Å². The zero-order valence-corrected chi connectivity index (χ0v) is 17.0. The minimum Gasteiger partial charge on any atom is -0.376 e. The van der Waals surface area contributed by atoms with Gasteiger partial charge in [0.15, 0.2) is 0 Å². The van der Waals surface area contributed by atoms with Crippen LogP contribution in [0.2, 0.25) is 0 Å². The van der Waals surface area contributed by atoms with E-state index in [9.17, 15) is 9.59 Å². The first-order chi connectivity index (χ1) is 13.5. The molecule has 5 heteroatoms. The zero-order valence-electron chi connectivity index (χ0n) is 17.0. The highest BCUT2D eigenvalue weighted by Gasteiger charge is 2.42. The minimum absolute atomic E-state index is 0.187. The van der Waals surface area contributed by atoms with Crippen LogP contribution < -0.4 is 0 Å². The third-order valence-electron chi connectivity index (χ3n) is 6.81. The summed E-state index contributed by atoms with van der Waals surface area (Å²) < 4.78 is 5.75. The van der Waals surface area contributed by atoms with Gasteiger partial charge >= 0.3 is 0 Å². The summed E-state index contributed by atoms with van der Waals surface area (Å²) >= 11 is 0. The van der Waals surface area contributed by atoms with Crippen LogP contribution in [0, 0.1) is 12.3 Å². The molecule has 3 aliphatic heterocycles. The summed E-state index contributed by atoms with van der Waals surface area (Å²) in [5.74, 6) is 0.502. The molecule has 152 valence electrons. The van der Waals surface area contributed by atoms with Gasteiger partial charge in [0.1, 0.15) is 0 Å². The number of piperidine rings is 2. The molecule has 1 atom stereocenters. The predicted molar refractivity (Wildman–Crippen MR) is 108 cm³/mol. The number of ether oxygens (including phenoxy) is 1. The fraction of sp³-hybridized carbons (Fsp3) is 0.652. The third kappa shape index (κ3) is 4.40. The quantitative estimate of drug-likeness (QED) is 0.802. The highest BCUT2D eigenvalue weighted by molar-refractivity contribution is 5.79. The molecule has 3 aliphatic rings. The van der Waals surface area contributed by atoms with Crippen LogP contribution in [-0.4, -0.2) is 60.5 Å². The van der Waals surface area contributed by atoms with Crippen LogP contribution in [0.5, 0.6) is 0 Å². The molecule has 0 radical (unpaired) electrons. The summed E-state index contributed by atoms with van der Waals surface area (Å²) in [6, 6.07) is 8.21. The molecule has 1 aromatic carbocycles. The number of carbonyl (C=O) groups excluding carboxylic acids is 2. The Hall–Kier alpha value is -1.88. The van der Waals surface area contributed by atoms with Crippen LogP contribution in [0.3, 0.4) is 0 Å². The van der Waals surface area contributed by atoms with Gasteiger partial charge in [-0.05, 0) is 50.0 Å². The molecule has 5 nitrogen and oxygen atoms in total. The Morgan fingerprint density at radius 2 is 2.07 bits per heavy atom. The fourth-order valence-corrected chi connectivity index (χ4v) is 5.05. The van der Waals surface area contributed by atoms with Crippen molar-refractivity contribution < 1.29 is 14.3 Å². The maximum Gasteiger partial charge on any atom is 0.226 e. The van der Waals surface area contributed by atoms with Crippen LogP contribution in [-0.2, 0) is 20.7 Å². The van der Waals surface area contributed by atoms with Gasteiger partial charge in [-0.3, -0.25) is 9.59 Å². The van der Waals surface area contributed by atoms with Crippen molar-refractivity contribution in [2.75, 3.05) is 32.8 Å². The standard InChI is InChI=1S/C23H32N2O3/c1-18-4-2-5-19(14-18)15-22(27)24-11-9-23(10-12-24)8-7-21(26)25(17-23)16-20-6-3-13-28-20/h2,4-5,14,20H,3,6-13,15-17H2,1H3/t20-/m1/s1. The van der Waals surface area contributed by atoms with Crippen molar-refractivity contribution in [3.8, 4) is 0 Å². The topological polar surface area (TPSA) is 49.9 Å². The Kier molecular flexibility index (Phi) is 5.72. The number of benzene rings is 1. The lowest BCUT2D eigenvalue weighted by Gasteiger charge is -2.47. The van der Waals surface area contributed by atoms with Gasteiger partial charge in [-0.25, -0.2) is 0 Å². The smallest absolute Gasteiger partial charge is 0.226 e. The Morgan fingerprint density at radius 3 is 2.79 bits per heavy atom. The number of rotatable bonds is 4. The minimum atomic E-state index is 0.187. The Balaban J connectivity index is 1.32. The molecule has 0 N–H and O–H groups in total. The molecule has 1 spiro atoms. The summed E-state index contributed by atoms with van der Waals surface area (Å²) in [6.07, 6.45) is 6.49. The SMILES string of the molecule is Cc1cccc(CC(=O)N2CCC3(CCC(=O)N(C[C@H]4CCCO4)C3)CC2)c1. The van der Waals surface area contributed by atoms with Gasteiger partial charge in [0, 0.05) is 39.2 Å². The lowest BCUT2D eigenvalue weighted by Crippen LogP contribution is -2.53. The molecule has 28 heavy (non-hydrogen) atoms. The van der Waals surface area contributed by atoms with Crippen LogP contribution in [0.15, 0.2) is 24.3 Å². The number of amides is 2. The van der Waals surface area contributed by atoms with Crippen molar-refractivity contribution >= 4 is 11.8 Å². The second-order valence-electron chi connectivity index (χ2n) is 8.96. The molecule has 0 aromatic heterocycles. The van der Waals surface area contributed by atoms with Gasteiger partial charge in [-0.1, -0.05) is 29.8 Å². The lowest BCUT2D eigenvalue weighted by molar-refractivity contribution is -0.143. The second kappa shape index (κ2) is 8.24. The van der Waals surface area contributed by atoms with E-state index in [0.717, 1.165) is 70.5 Å². The van der Waals surface area contributed by atoms with Gasteiger partial charge < -0.3 is 14.5 Å². The van der Waals surface area contributed by atoms with Crippen LogP contribution in [0.25, 0.3) is 0 Å². The average molecular weight is 385 g/mol. The number of nitrogens with zero attached hydrogens (tertiary/aromatic N) is 2. The van der Waals surface area contributed by atoms with E-state index in [2.05, 4.69) is 19.1 Å². The number of carbonyl (C=O) groups is 2. The van der Waals surface area contributed by atoms with E-state index >= 15 is 0 Å². The van der Waals surface area contributed by atoms with Gasteiger partial charge in [-0.2, -0.15) is 0 Å². The highest BCUT2D eigenvalue weighted by Crippen LogP contribution is 2.40. The van der Waals surface area contributed by atoms with Gasteiger partial charge in [-0.15, -0.1) is 0 Å². The molecule has 1 aromatic rings. The van der Waals surface area contributed by atoms with Gasteiger partial charge in [0.05, 0.1) is 12.5 Å². The third-order valence-corrected chi connectivity index (χ3v) is 6.81. The Labute approximate surface area is 168 Å². The van der Waals surface area contributed by atoms with E-state index in [1.165, 1.54) is 5.56 Å². The van der Waals surface area contributed by atoms with E-state index in [1.807, 2.05) is 21.9 Å². The molecule has 0 unspecified atom stereocenters. The van der Waals surface area contributed by atoms with Crippen LogP contribution in [0.1, 0.15) is 49.7 Å². The van der Waals surface area contributed by atoms with Crippen molar-refractivity contribution in [3.63, 3.8) is 0 Å². The molecule has 3 fully saturated rings. The maximum absolute atomic E-state index is 12.7. The van der Waals surface area contributed by atoms with Crippen molar-refractivity contribution in [2.24, 2.45) is 5.41 Å². The largest absolute Gasteiger partial charge is 0.376 e.